The minimum absolute atomic E-state index is 0.0979. The largest absolute Gasteiger partial charge is 0.323 e. The van der Waals surface area contributed by atoms with E-state index in [0.717, 1.165) is 11.3 Å². The summed E-state index contributed by atoms with van der Waals surface area (Å²) in [4.78, 5) is 12.9. The fourth-order valence-electron chi connectivity index (χ4n) is 1.25. The van der Waals surface area contributed by atoms with Gasteiger partial charge in [-0.3, -0.25) is 0 Å². The van der Waals surface area contributed by atoms with Gasteiger partial charge in [-0.2, -0.15) is 0 Å². The fraction of sp³-hybridized carbons (Fsp3) is 0.308. The van der Waals surface area contributed by atoms with Crippen molar-refractivity contribution in [3.63, 3.8) is 0 Å². The number of hydrogen-bond donors (Lipinski definition) is 1. The number of likely N-dealkylation sites (N-methyl/N-ethyl adjacent to an activating group) is 1. The number of carbonyl (C=O) groups excluding carboxylic acids is 1. The van der Waals surface area contributed by atoms with Crippen LogP contribution in [-0.2, 0) is 0 Å². The molecule has 1 fully saturated rings. The van der Waals surface area contributed by atoms with Crippen LogP contribution in [0.4, 0.5) is 4.79 Å². The molecule has 0 bridgehead atoms. The summed E-state index contributed by atoms with van der Waals surface area (Å²) in [6.45, 7) is 11.8. The molecule has 0 aliphatic carbocycles. The van der Waals surface area contributed by atoms with E-state index in [9.17, 15) is 4.79 Å². The Morgan fingerprint density at radius 2 is 1.81 bits per heavy atom. The minimum Gasteiger partial charge on any atom is -0.323 e. The zero-order valence-electron chi connectivity index (χ0n) is 10.3. The van der Waals surface area contributed by atoms with Gasteiger partial charge in [-0.1, -0.05) is 45.2 Å². The first-order chi connectivity index (χ1) is 7.69. The van der Waals surface area contributed by atoms with E-state index in [-0.39, 0.29) is 6.03 Å². The van der Waals surface area contributed by atoms with E-state index in [1.165, 1.54) is 0 Å². The number of nitrogens with one attached hydrogen (secondary N) is 1. The molecule has 1 rings (SSSR count). The molecule has 1 aliphatic heterocycles. The van der Waals surface area contributed by atoms with Crippen molar-refractivity contribution in [3.8, 4) is 0 Å². The Morgan fingerprint density at radius 3 is 2.31 bits per heavy atom. The van der Waals surface area contributed by atoms with Crippen molar-refractivity contribution in [1.82, 2.24) is 10.2 Å². The first-order valence-electron chi connectivity index (χ1n) is 5.36. The van der Waals surface area contributed by atoms with Crippen molar-refractivity contribution in [2.45, 2.75) is 13.8 Å². The number of hydrogen-bond acceptors (Lipinski definition) is 1. The topological polar surface area (TPSA) is 32.3 Å². The summed E-state index contributed by atoms with van der Waals surface area (Å²) in [7, 11) is 1.75. The summed E-state index contributed by atoms with van der Waals surface area (Å²) in [6.07, 6.45) is 7.01. The van der Waals surface area contributed by atoms with Crippen LogP contribution < -0.4 is 5.32 Å². The molecule has 1 N–H and O–H groups in total. The Bertz CT molecular complexity index is 327. The van der Waals surface area contributed by atoms with Crippen LogP contribution >= 0.6 is 0 Å². The molecule has 1 heterocycles. The average molecular weight is 220 g/mol. The molecule has 0 unspecified atom stereocenters. The van der Waals surface area contributed by atoms with Gasteiger partial charge in [-0.05, 0) is 11.6 Å². The van der Waals surface area contributed by atoms with Crippen molar-refractivity contribution >= 4 is 6.03 Å². The Balaban J connectivity index is 0.00000106. The van der Waals surface area contributed by atoms with Gasteiger partial charge < -0.3 is 10.2 Å². The molecule has 0 aromatic heterocycles. The highest BCUT2D eigenvalue weighted by Gasteiger charge is 2.20. The van der Waals surface area contributed by atoms with Crippen LogP contribution in [0.3, 0.4) is 0 Å². The van der Waals surface area contributed by atoms with Gasteiger partial charge in [0.05, 0.1) is 0 Å². The van der Waals surface area contributed by atoms with Crippen LogP contribution in [0.25, 0.3) is 0 Å². The van der Waals surface area contributed by atoms with Crippen LogP contribution in [-0.4, -0.2) is 24.5 Å². The summed E-state index contributed by atoms with van der Waals surface area (Å²) in [5.41, 5.74) is 1.82. The predicted molar refractivity (Wildman–Crippen MR) is 69.1 cm³/mol. The number of allylic oxidation sites excluding steroid dienone is 4. The molecule has 1 saturated heterocycles. The average Bonchev–Trinajstić information content (AvgIpc) is 2.29. The van der Waals surface area contributed by atoms with Crippen LogP contribution in [0, 0.1) is 0 Å². The first-order valence-corrected chi connectivity index (χ1v) is 5.36. The lowest BCUT2D eigenvalue weighted by atomic mass is 10.1. The van der Waals surface area contributed by atoms with Crippen molar-refractivity contribution in [2.75, 3.05) is 13.6 Å². The lowest BCUT2D eigenvalue weighted by Crippen LogP contribution is -2.44. The Labute approximate surface area is 97.8 Å². The highest BCUT2D eigenvalue weighted by molar-refractivity contribution is 5.79. The van der Waals surface area contributed by atoms with E-state index in [4.69, 9.17) is 0 Å². The maximum absolute atomic E-state index is 11.3. The molecular weight excluding hydrogens is 200 g/mol. The molecular formula is C13H20N2O. The smallest absolute Gasteiger partial charge is 0.321 e. The molecule has 0 aromatic carbocycles. The van der Waals surface area contributed by atoms with Gasteiger partial charge in [-0.25, -0.2) is 4.79 Å². The Hall–Kier alpha value is -1.77. The molecule has 2 amide bonds. The molecule has 3 heteroatoms. The highest BCUT2D eigenvalue weighted by Crippen LogP contribution is 2.14. The molecule has 88 valence electrons. The van der Waals surface area contributed by atoms with Crippen molar-refractivity contribution < 1.29 is 4.79 Å². The minimum atomic E-state index is -0.0979. The Kier molecular flexibility index (Phi) is 6.68. The standard InChI is InChI=1S/C11H14N2O.C2H6/c1-4-6-9-8-13(3)11(14)12-10(9)7-5-2;1-2/h4-7H,1-2,8H2,3H3,(H,12,14);1-2H3/b9-6-,10-7+;. The third kappa shape index (κ3) is 3.77. The van der Waals surface area contributed by atoms with Crippen LogP contribution in [0.15, 0.2) is 48.7 Å². The predicted octanol–water partition coefficient (Wildman–Crippen LogP) is 2.85. The second-order valence-corrected chi connectivity index (χ2v) is 3.03. The number of carbonyl (C=O) groups is 1. The van der Waals surface area contributed by atoms with Gasteiger partial charge in [0.25, 0.3) is 0 Å². The molecule has 0 atom stereocenters. The van der Waals surface area contributed by atoms with Crippen molar-refractivity contribution in [1.29, 1.82) is 0 Å². The first kappa shape index (κ1) is 14.2. The lowest BCUT2D eigenvalue weighted by Gasteiger charge is -2.27. The van der Waals surface area contributed by atoms with Gasteiger partial charge in [0.2, 0.25) is 0 Å². The monoisotopic (exact) mass is 220 g/mol. The number of nitrogens with zero attached hydrogens (tertiary/aromatic N) is 1. The van der Waals surface area contributed by atoms with Gasteiger partial charge in [0.15, 0.2) is 0 Å². The van der Waals surface area contributed by atoms with Crippen LogP contribution in [0.5, 0.6) is 0 Å². The molecule has 0 radical (unpaired) electrons. The van der Waals surface area contributed by atoms with E-state index >= 15 is 0 Å². The zero-order chi connectivity index (χ0) is 12.6. The maximum Gasteiger partial charge on any atom is 0.321 e. The summed E-state index contributed by atoms with van der Waals surface area (Å²) in [5.74, 6) is 0. The number of rotatable bonds is 2. The van der Waals surface area contributed by atoms with Crippen molar-refractivity contribution in [3.05, 3.63) is 48.7 Å². The van der Waals surface area contributed by atoms with Gasteiger partial charge in [0.1, 0.15) is 0 Å². The summed E-state index contributed by atoms with van der Waals surface area (Å²) in [5, 5.41) is 2.76. The Morgan fingerprint density at radius 1 is 1.25 bits per heavy atom. The zero-order valence-corrected chi connectivity index (χ0v) is 10.3. The van der Waals surface area contributed by atoms with Gasteiger partial charge >= 0.3 is 6.03 Å². The van der Waals surface area contributed by atoms with Crippen LogP contribution in [0.1, 0.15) is 13.8 Å². The number of amides is 2. The summed E-state index contributed by atoms with van der Waals surface area (Å²) < 4.78 is 0. The maximum atomic E-state index is 11.3. The third-order valence-electron chi connectivity index (χ3n) is 1.95. The highest BCUT2D eigenvalue weighted by atomic mass is 16.2. The molecule has 3 nitrogen and oxygen atoms in total. The SMILES string of the molecule is C=C/C=C1/CN(C)C(=O)N/C1=C/C=C.CC. The van der Waals surface area contributed by atoms with E-state index in [0.29, 0.717) is 6.54 Å². The third-order valence-corrected chi connectivity index (χ3v) is 1.95. The molecule has 0 saturated carbocycles. The summed E-state index contributed by atoms with van der Waals surface area (Å²) in [6, 6.07) is -0.0979. The molecule has 16 heavy (non-hydrogen) atoms. The van der Waals surface area contributed by atoms with E-state index < -0.39 is 0 Å². The van der Waals surface area contributed by atoms with Gasteiger partial charge in [-0.15, -0.1) is 0 Å². The van der Waals surface area contributed by atoms with Gasteiger partial charge in [0, 0.05) is 19.3 Å². The normalized spacial score (nSPS) is 19.9. The second kappa shape index (κ2) is 7.51. The second-order valence-electron chi connectivity index (χ2n) is 3.03. The van der Waals surface area contributed by atoms with Crippen LogP contribution in [0.2, 0.25) is 0 Å². The van der Waals surface area contributed by atoms with E-state index in [2.05, 4.69) is 18.5 Å². The fourth-order valence-corrected chi connectivity index (χ4v) is 1.25. The van der Waals surface area contributed by atoms with Crippen molar-refractivity contribution in [2.24, 2.45) is 0 Å². The number of urea groups is 1. The molecule has 0 spiro atoms. The lowest BCUT2D eigenvalue weighted by molar-refractivity contribution is 0.211. The quantitative estimate of drug-likeness (QED) is 0.762. The molecule has 1 aliphatic rings. The summed E-state index contributed by atoms with van der Waals surface area (Å²) >= 11 is 0. The van der Waals surface area contributed by atoms with E-state index in [1.807, 2.05) is 19.9 Å². The van der Waals surface area contributed by atoms with E-state index in [1.54, 1.807) is 30.2 Å². The molecule has 0 aromatic rings.